The molecule has 0 bridgehead atoms. The number of unbranched alkanes of at least 4 members (excludes halogenated alkanes) is 7. The van der Waals surface area contributed by atoms with Gasteiger partial charge in [0.15, 0.2) is 0 Å². The van der Waals surface area contributed by atoms with E-state index in [1.54, 1.807) is 72.8 Å². The third-order valence-corrected chi connectivity index (χ3v) is 12.9. The van der Waals surface area contributed by atoms with Gasteiger partial charge in [-0.15, -0.1) is 0 Å². The first-order valence-corrected chi connectivity index (χ1v) is 22.3. The van der Waals surface area contributed by atoms with Gasteiger partial charge in [0, 0.05) is 0 Å². The van der Waals surface area contributed by atoms with Crippen molar-refractivity contribution in [1.29, 1.82) is 0 Å². The van der Waals surface area contributed by atoms with Crippen molar-refractivity contribution in [2.45, 2.75) is 134 Å². The molecule has 2 aliphatic rings. The van der Waals surface area contributed by atoms with E-state index >= 15 is 0 Å². The Morgan fingerprint density at radius 1 is 0.600 bits per heavy atom. The summed E-state index contributed by atoms with van der Waals surface area (Å²) in [5.74, 6) is 3.37. The molecule has 8 nitrogen and oxygen atoms in total. The van der Waals surface area contributed by atoms with Crippen molar-refractivity contribution in [3.63, 3.8) is 0 Å². The van der Waals surface area contributed by atoms with Crippen molar-refractivity contribution in [1.82, 2.24) is 0 Å². The molecule has 0 unspecified atom stereocenters. The van der Waals surface area contributed by atoms with Crippen LogP contribution in [0, 0.1) is 30.6 Å². The molecule has 0 heterocycles. The molecule has 0 aliphatic heterocycles. The Morgan fingerprint density at radius 2 is 1.15 bits per heavy atom. The number of carbonyl (C=O) groups is 2. The first-order chi connectivity index (χ1) is 26.7. The van der Waals surface area contributed by atoms with E-state index in [2.05, 4.69) is 6.92 Å². The molecule has 0 saturated heterocycles. The highest BCUT2D eigenvalue weighted by Crippen LogP contribution is 2.42. The number of benzene rings is 3. The quantitative estimate of drug-likeness (QED) is 0.0456. The summed E-state index contributed by atoms with van der Waals surface area (Å²) in [6, 6.07) is 20.2. The predicted octanol–water partition coefficient (Wildman–Crippen LogP) is 11.4. The topological polar surface area (TPSA) is 105 Å². The monoisotopic (exact) mass is 774 g/mol. The van der Waals surface area contributed by atoms with Crippen molar-refractivity contribution in [2.24, 2.45) is 23.7 Å². The molecule has 9 heteroatoms. The molecule has 0 N–H and O–H groups in total. The number of esters is 2. The van der Waals surface area contributed by atoms with Gasteiger partial charge in [0.05, 0.1) is 29.6 Å². The Kier molecular flexibility index (Phi) is 17.1. The van der Waals surface area contributed by atoms with Gasteiger partial charge in [-0.1, -0.05) is 88.8 Å². The van der Waals surface area contributed by atoms with Crippen molar-refractivity contribution < 1.29 is 36.4 Å². The van der Waals surface area contributed by atoms with Gasteiger partial charge in [0.2, 0.25) is 0 Å². The molecule has 5 rings (SSSR count). The lowest BCUT2D eigenvalue weighted by Gasteiger charge is -2.37. The van der Waals surface area contributed by atoms with Gasteiger partial charge < -0.3 is 14.2 Å². The lowest BCUT2D eigenvalue weighted by Crippen LogP contribution is -2.30. The van der Waals surface area contributed by atoms with Gasteiger partial charge in [0.25, 0.3) is 10.1 Å². The van der Waals surface area contributed by atoms with Crippen molar-refractivity contribution in [3.05, 3.63) is 83.9 Å². The van der Waals surface area contributed by atoms with E-state index in [1.807, 2.05) is 6.92 Å². The van der Waals surface area contributed by atoms with Gasteiger partial charge >= 0.3 is 11.9 Å². The fourth-order valence-electron chi connectivity index (χ4n) is 8.13. The molecule has 0 amide bonds. The molecule has 2 fully saturated rings. The standard InChI is InChI=1S/C46H62O8S/c1-3-4-9-12-36-15-17-37(18-16-36)38-19-21-39(22-20-38)45(47)53-42-27-29-43(30-28-42)54-46(48)40-23-25-41(26-24-40)51-33-10-7-5-6-8-11-34-52-55(49,50)44-31-13-35(2)14-32-44/h13-14,23-32,36-39H,3-12,15-22,33-34H2,1-2H3/t36?,37?,38-,39-. The molecule has 55 heavy (non-hydrogen) atoms. The zero-order valence-corrected chi connectivity index (χ0v) is 33.9. The molecule has 3 aromatic carbocycles. The minimum absolute atomic E-state index is 0.0474. The van der Waals surface area contributed by atoms with Gasteiger partial charge in [-0.3, -0.25) is 8.98 Å². The summed E-state index contributed by atoms with van der Waals surface area (Å²) in [4.78, 5) is 25.9. The second-order valence-corrected chi connectivity index (χ2v) is 17.4. The average molecular weight is 775 g/mol. The average Bonchev–Trinajstić information content (AvgIpc) is 3.20. The summed E-state index contributed by atoms with van der Waals surface area (Å²) >= 11 is 0. The van der Waals surface area contributed by atoms with E-state index in [0.29, 0.717) is 35.8 Å². The number of aryl methyl sites for hydroxylation is 1. The van der Waals surface area contributed by atoms with E-state index in [-0.39, 0.29) is 23.4 Å². The number of ether oxygens (including phenoxy) is 3. The molecule has 2 saturated carbocycles. The molecule has 0 radical (unpaired) electrons. The lowest BCUT2D eigenvalue weighted by atomic mass is 9.68. The van der Waals surface area contributed by atoms with Gasteiger partial charge in [0.1, 0.15) is 17.2 Å². The molecule has 0 spiro atoms. The number of hydrogen-bond donors (Lipinski definition) is 0. The third-order valence-electron chi connectivity index (χ3n) is 11.6. The fraction of sp³-hybridized carbons (Fsp3) is 0.565. The molecular formula is C46H62O8S. The molecule has 0 atom stereocenters. The van der Waals surface area contributed by atoms with Crippen molar-refractivity contribution in [3.8, 4) is 17.2 Å². The van der Waals surface area contributed by atoms with Crippen LogP contribution in [0.2, 0.25) is 0 Å². The first kappa shape index (κ1) is 42.5. The molecule has 0 aromatic heterocycles. The summed E-state index contributed by atoms with van der Waals surface area (Å²) in [7, 11) is -3.70. The minimum atomic E-state index is -3.70. The zero-order chi connectivity index (χ0) is 38.9. The summed E-state index contributed by atoms with van der Waals surface area (Å²) in [5, 5.41) is 0. The Bertz CT molecular complexity index is 1690. The smallest absolute Gasteiger partial charge is 0.343 e. The largest absolute Gasteiger partial charge is 0.494 e. The maximum atomic E-state index is 13.0. The second kappa shape index (κ2) is 22.2. The van der Waals surface area contributed by atoms with Crippen LogP contribution in [0.15, 0.2) is 77.7 Å². The van der Waals surface area contributed by atoms with Crippen LogP contribution in [-0.2, 0) is 19.1 Å². The maximum absolute atomic E-state index is 13.0. The fourth-order valence-corrected chi connectivity index (χ4v) is 9.07. The van der Waals surface area contributed by atoms with Crippen LogP contribution >= 0.6 is 0 Å². The minimum Gasteiger partial charge on any atom is -0.494 e. The number of rotatable bonds is 21. The van der Waals surface area contributed by atoms with Crippen LogP contribution in [0.1, 0.15) is 138 Å². The molecular weight excluding hydrogens is 713 g/mol. The SMILES string of the molecule is CCCCCC1CCC([C@H]2CC[C@H](C(=O)Oc3ccc(OC(=O)c4ccc(OCCCCCCCCOS(=O)(=O)c5ccc(C)cc5)cc4)cc3)CC2)CC1. The van der Waals surface area contributed by atoms with Crippen LogP contribution in [0.4, 0.5) is 0 Å². The van der Waals surface area contributed by atoms with Crippen LogP contribution in [0.3, 0.4) is 0 Å². The highest BCUT2D eigenvalue weighted by molar-refractivity contribution is 7.86. The van der Waals surface area contributed by atoms with Crippen LogP contribution < -0.4 is 14.2 Å². The van der Waals surface area contributed by atoms with E-state index in [1.165, 1.54) is 51.4 Å². The highest BCUT2D eigenvalue weighted by Gasteiger charge is 2.33. The zero-order valence-electron chi connectivity index (χ0n) is 33.1. The van der Waals surface area contributed by atoms with Crippen molar-refractivity contribution in [2.75, 3.05) is 13.2 Å². The molecule has 300 valence electrons. The summed E-state index contributed by atoms with van der Waals surface area (Å²) in [6.07, 6.45) is 20.6. The highest BCUT2D eigenvalue weighted by atomic mass is 32.2. The van der Waals surface area contributed by atoms with Crippen LogP contribution in [0.5, 0.6) is 17.2 Å². The first-order valence-electron chi connectivity index (χ1n) is 20.9. The molecule has 2 aliphatic carbocycles. The Balaban J connectivity index is 0.905. The summed E-state index contributed by atoms with van der Waals surface area (Å²) in [5.41, 5.74) is 1.41. The van der Waals surface area contributed by atoms with Gasteiger partial charge in [-0.05, 0) is 137 Å². The molecule has 3 aromatic rings. The predicted molar refractivity (Wildman–Crippen MR) is 216 cm³/mol. The Labute approximate surface area is 329 Å². The van der Waals surface area contributed by atoms with E-state index < -0.39 is 16.1 Å². The third kappa shape index (κ3) is 14.1. The summed E-state index contributed by atoms with van der Waals surface area (Å²) < 4.78 is 46.8. The normalized spacial score (nSPS) is 20.1. The maximum Gasteiger partial charge on any atom is 0.343 e. The van der Waals surface area contributed by atoms with Crippen LogP contribution in [-0.4, -0.2) is 33.6 Å². The van der Waals surface area contributed by atoms with Crippen LogP contribution in [0.25, 0.3) is 0 Å². The Morgan fingerprint density at radius 3 is 1.76 bits per heavy atom. The van der Waals surface area contributed by atoms with Crippen molar-refractivity contribution >= 4 is 22.1 Å². The van der Waals surface area contributed by atoms with E-state index in [4.69, 9.17) is 18.4 Å². The lowest BCUT2D eigenvalue weighted by molar-refractivity contribution is -0.140. The summed E-state index contributed by atoms with van der Waals surface area (Å²) in [6.45, 7) is 4.95. The van der Waals surface area contributed by atoms with E-state index in [9.17, 15) is 18.0 Å². The number of hydrogen-bond acceptors (Lipinski definition) is 8. The van der Waals surface area contributed by atoms with Gasteiger partial charge in [-0.2, -0.15) is 8.42 Å². The number of carbonyl (C=O) groups excluding carboxylic acids is 2. The van der Waals surface area contributed by atoms with E-state index in [0.717, 1.165) is 81.1 Å². The second-order valence-electron chi connectivity index (χ2n) is 15.8. The Hall–Kier alpha value is -3.69. The van der Waals surface area contributed by atoms with Gasteiger partial charge in [-0.25, -0.2) is 4.79 Å².